The molecule has 0 aliphatic rings. The second-order valence-corrected chi connectivity index (χ2v) is 9.79. The van der Waals surface area contributed by atoms with E-state index in [1.54, 1.807) is 34.0 Å². The van der Waals surface area contributed by atoms with E-state index in [2.05, 4.69) is 10.6 Å². The van der Waals surface area contributed by atoms with Crippen molar-refractivity contribution in [3.05, 3.63) is 47.5 Å². The molecule has 0 heterocycles. The van der Waals surface area contributed by atoms with E-state index in [1.165, 1.54) is 11.8 Å². The van der Waals surface area contributed by atoms with E-state index < -0.39 is 47.4 Å². The number of esters is 1. The molecule has 0 fully saturated rings. The smallest absolute Gasteiger partial charge is 0.333 e. The molecule has 0 aliphatic heterocycles. The van der Waals surface area contributed by atoms with E-state index in [4.69, 9.17) is 4.74 Å². The van der Waals surface area contributed by atoms with Gasteiger partial charge in [-0.3, -0.25) is 9.59 Å². The molecule has 8 nitrogen and oxygen atoms in total. The SMILES string of the molecule is CCOC(=O)/C(C)=C/[C@H](C(C)C)N(C)C(=O)[C@@H](NC(=O)[C@@H](NC)C(C)(C)c1ccccc1)[C@H](C)O. The topological polar surface area (TPSA) is 108 Å². The summed E-state index contributed by atoms with van der Waals surface area (Å²) in [7, 11) is 3.30. The zero-order valence-corrected chi connectivity index (χ0v) is 22.6. The van der Waals surface area contributed by atoms with E-state index in [9.17, 15) is 19.5 Å². The third kappa shape index (κ3) is 7.90. The van der Waals surface area contributed by atoms with Crippen LogP contribution in [-0.2, 0) is 24.5 Å². The fraction of sp³-hybridized carbons (Fsp3) is 0.593. The van der Waals surface area contributed by atoms with Gasteiger partial charge in [-0.25, -0.2) is 4.79 Å². The summed E-state index contributed by atoms with van der Waals surface area (Å²) < 4.78 is 5.06. The maximum Gasteiger partial charge on any atom is 0.333 e. The Balaban J connectivity index is 3.18. The van der Waals surface area contributed by atoms with Crippen molar-refractivity contribution in [2.24, 2.45) is 5.92 Å². The molecule has 0 bridgehead atoms. The summed E-state index contributed by atoms with van der Waals surface area (Å²) in [4.78, 5) is 40.4. The number of nitrogens with zero attached hydrogens (tertiary/aromatic N) is 1. The van der Waals surface area contributed by atoms with Crippen LogP contribution in [0.25, 0.3) is 0 Å². The lowest BCUT2D eigenvalue weighted by atomic mass is 9.77. The zero-order valence-electron chi connectivity index (χ0n) is 22.6. The van der Waals surface area contributed by atoms with Gasteiger partial charge in [0.1, 0.15) is 6.04 Å². The summed E-state index contributed by atoms with van der Waals surface area (Å²) in [5.74, 6) is -1.32. The molecule has 0 aliphatic carbocycles. The molecule has 196 valence electrons. The highest BCUT2D eigenvalue weighted by Crippen LogP contribution is 2.27. The Bertz CT molecular complexity index is 880. The Labute approximate surface area is 210 Å². The van der Waals surface area contributed by atoms with Gasteiger partial charge >= 0.3 is 5.97 Å². The lowest BCUT2D eigenvalue weighted by Crippen LogP contribution is -2.61. The van der Waals surface area contributed by atoms with Crippen LogP contribution in [0.15, 0.2) is 42.0 Å². The first-order chi connectivity index (χ1) is 16.3. The molecule has 8 heteroatoms. The first kappa shape index (κ1) is 30.3. The molecule has 2 amide bonds. The Morgan fingerprint density at radius 3 is 2.17 bits per heavy atom. The van der Waals surface area contributed by atoms with Crippen molar-refractivity contribution in [2.75, 3.05) is 20.7 Å². The minimum absolute atomic E-state index is 0.0271. The van der Waals surface area contributed by atoms with Crippen LogP contribution in [0.3, 0.4) is 0 Å². The van der Waals surface area contributed by atoms with Crippen LogP contribution in [0.4, 0.5) is 0 Å². The summed E-state index contributed by atoms with van der Waals surface area (Å²) in [6.45, 7) is 12.9. The number of aliphatic hydroxyl groups excluding tert-OH is 1. The predicted molar refractivity (Wildman–Crippen MR) is 138 cm³/mol. The van der Waals surface area contributed by atoms with E-state index in [0.717, 1.165) is 5.56 Å². The standard InChI is InChI=1S/C27H43N3O5/c1-10-35-26(34)18(4)16-21(17(2)3)30(9)25(33)22(19(5)31)29-24(32)23(28-8)27(6,7)20-14-12-11-13-15-20/h11-17,19,21-23,28,31H,10H2,1-9H3,(H,29,32)/b18-16+/t19-,21+,22-,23+/m0/s1. The number of likely N-dealkylation sites (N-methyl/N-ethyl adjacent to an activating group) is 2. The molecule has 0 saturated carbocycles. The zero-order chi connectivity index (χ0) is 26.9. The Hall–Kier alpha value is -2.71. The van der Waals surface area contributed by atoms with Crippen LogP contribution in [0, 0.1) is 5.92 Å². The molecule has 3 N–H and O–H groups in total. The molecule has 0 saturated heterocycles. The number of aliphatic hydroxyl groups is 1. The Kier molecular flexibility index (Phi) is 11.6. The Morgan fingerprint density at radius 2 is 1.71 bits per heavy atom. The van der Waals surface area contributed by atoms with Crippen LogP contribution in [0.2, 0.25) is 0 Å². The van der Waals surface area contributed by atoms with Crippen molar-refractivity contribution in [3.63, 3.8) is 0 Å². The molecule has 1 aromatic carbocycles. The van der Waals surface area contributed by atoms with Gasteiger partial charge in [0.15, 0.2) is 0 Å². The minimum Gasteiger partial charge on any atom is -0.463 e. The van der Waals surface area contributed by atoms with Gasteiger partial charge in [0, 0.05) is 18.0 Å². The number of hydrogen-bond acceptors (Lipinski definition) is 6. The first-order valence-corrected chi connectivity index (χ1v) is 12.1. The number of ether oxygens (including phenoxy) is 1. The van der Waals surface area contributed by atoms with Gasteiger partial charge < -0.3 is 25.4 Å². The van der Waals surface area contributed by atoms with Crippen molar-refractivity contribution >= 4 is 17.8 Å². The van der Waals surface area contributed by atoms with Crippen molar-refractivity contribution in [2.45, 2.75) is 78.1 Å². The second-order valence-electron chi connectivity index (χ2n) is 9.79. The summed E-state index contributed by atoms with van der Waals surface area (Å²) in [5.41, 5.74) is 0.770. The molecular formula is C27H43N3O5. The number of nitrogens with one attached hydrogen (secondary N) is 2. The van der Waals surface area contributed by atoms with Gasteiger partial charge in [0.25, 0.3) is 0 Å². The minimum atomic E-state index is -1.16. The van der Waals surface area contributed by atoms with E-state index in [1.807, 2.05) is 58.0 Å². The highest BCUT2D eigenvalue weighted by molar-refractivity contribution is 5.91. The van der Waals surface area contributed by atoms with E-state index >= 15 is 0 Å². The second kappa shape index (κ2) is 13.4. The normalized spacial score (nSPS) is 15.7. The number of rotatable bonds is 12. The number of benzene rings is 1. The molecule has 0 unspecified atom stereocenters. The quantitative estimate of drug-likeness (QED) is 0.307. The summed E-state index contributed by atoms with van der Waals surface area (Å²) in [6, 6.07) is 7.39. The average Bonchev–Trinajstić information content (AvgIpc) is 2.80. The average molecular weight is 490 g/mol. The van der Waals surface area contributed by atoms with Gasteiger partial charge in [-0.15, -0.1) is 0 Å². The summed E-state index contributed by atoms with van der Waals surface area (Å²) >= 11 is 0. The van der Waals surface area contributed by atoms with Crippen molar-refractivity contribution in [1.29, 1.82) is 0 Å². The van der Waals surface area contributed by atoms with Gasteiger partial charge in [-0.05, 0) is 39.3 Å². The van der Waals surface area contributed by atoms with Gasteiger partial charge in [-0.2, -0.15) is 0 Å². The van der Waals surface area contributed by atoms with Crippen LogP contribution in [-0.4, -0.2) is 72.7 Å². The van der Waals surface area contributed by atoms with Crippen LogP contribution in [0.1, 0.15) is 54.0 Å². The summed E-state index contributed by atoms with van der Waals surface area (Å²) in [5, 5.41) is 16.3. The van der Waals surface area contributed by atoms with Crippen molar-refractivity contribution in [3.8, 4) is 0 Å². The first-order valence-electron chi connectivity index (χ1n) is 12.1. The van der Waals surface area contributed by atoms with E-state index in [-0.39, 0.29) is 12.5 Å². The van der Waals surface area contributed by atoms with Crippen LogP contribution in [0.5, 0.6) is 0 Å². The van der Waals surface area contributed by atoms with E-state index in [0.29, 0.717) is 5.57 Å². The van der Waals surface area contributed by atoms with Crippen LogP contribution >= 0.6 is 0 Å². The van der Waals surface area contributed by atoms with Gasteiger partial charge in [0.2, 0.25) is 11.8 Å². The lowest BCUT2D eigenvalue weighted by molar-refractivity contribution is -0.141. The maximum atomic E-state index is 13.5. The highest BCUT2D eigenvalue weighted by Gasteiger charge is 2.39. The number of amides is 2. The van der Waals surface area contributed by atoms with Gasteiger partial charge in [-0.1, -0.05) is 64.1 Å². The number of carbonyl (C=O) groups is 3. The monoisotopic (exact) mass is 489 g/mol. The molecule has 35 heavy (non-hydrogen) atoms. The van der Waals surface area contributed by atoms with Gasteiger partial charge in [0.05, 0.1) is 24.8 Å². The van der Waals surface area contributed by atoms with Crippen molar-refractivity contribution in [1.82, 2.24) is 15.5 Å². The van der Waals surface area contributed by atoms with Crippen LogP contribution < -0.4 is 10.6 Å². The largest absolute Gasteiger partial charge is 0.463 e. The fourth-order valence-corrected chi connectivity index (χ4v) is 4.17. The maximum absolute atomic E-state index is 13.5. The molecule has 0 aromatic heterocycles. The third-order valence-electron chi connectivity index (χ3n) is 6.33. The molecule has 1 aromatic rings. The number of carbonyl (C=O) groups excluding carboxylic acids is 3. The van der Waals surface area contributed by atoms with Crippen molar-refractivity contribution < 1.29 is 24.2 Å². The third-order valence-corrected chi connectivity index (χ3v) is 6.33. The molecule has 4 atom stereocenters. The lowest BCUT2D eigenvalue weighted by Gasteiger charge is -2.37. The predicted octanol–water partition coefficient (Wildman–Crippen LogP) is 2.41. The molecule has 1 rings (SSSR count). The molecule has 0 radical (unpaired) electrons. The number of hydrogen-bond donors (Lipinski definition) is 3. The molecule has 0 spiro atoms. The Morgan fingerprint density at radius 1 is 1.14 bits per heavy atom. The highest BCUT2D eigenvalue weighted by atomic mass is 16.5. The fourth-order valence-electron chi connectivity index (χ4n) is 4.17. The molecular weight excluding hydrogens is 446 g/mol. The summed E-state index contributed by atoms with van der Waals surface area (Å²) in [6.07, 6.45) is 0.560.